The van der Waals surface area contributed by atoms with E-state index in [1.807, 2.05) is 4.68 Å². The Morgan fingerprint density at radius 2 is 2.04 bits per heavy atom. The van der Waals surface area contributed by atoms with Crippen molar-refractivity contribution in [3.63, 3.8) is 0 Å². The fourth-order valence-corrected chi connectivity index (χ4v) is 4.47. The first-order valence-corrected chi connectivity index (χ1v) is 10.5. The maximum Gasteiger partial charge on any atom is 0.511 e. The molecule has 1 saturated heterocycles. The standard InChI is InChI=1S/C15H24F3N7O2S/c1-19-14(23-12-2-3-13-21-10-22-25(13)9-12)20-8-11-4-6-24(7-5-11)28(26,27)15(16,17)18/h10-12H,2-9H2,1H3,(H2,19,20,23). The van der Waals surface area contributed by atoms with E-state index >= 15 is 0 Å². The van der Waals surface area contributed by atoms with Crippen LogP contribution in [0.3, 0.4) is 0 Å². The van der Waals surface area contributed by atoms with Gasteiger partial charge in [0.15, 0.2) is 5.96 Å². The molecule has 1 aromatic rings. The second-order valence-electron chi connectivity index (χ2n) is 6.98. The molecule has 3 rings (SSSR count). The summed E-state index contributed by atoms with van der Waals surface area (Å²) in [7, 11) is -3.58. The van der Waals surface area contributed by atoms with Crippen molar-refractivity contribution in [1.82, 2.24) is 29.7 Å². The first-order chi connectivity index (χ1) is 13.2. The molecule has 0 aliphatic carbocycles. The molecular formula is C15H24F3N7O2S. The van der Waals surface area contributed by atoms with Gasteiger partial charge in [-0.2, -0.15) is 22.6 Å². The molecule has 0 saturated carbocycles. The van der Waals surface area contributed by atoms with Crippen LogP contribution in [0.5, 0.6) is 0 Å². The first kappa shape index (κ1) is 20.8. The molecule has 158 valence electrons. The first-order valence-electron chi connectivity index (χ1n) is 9.11. The lowest BCUT2D eigenvalue weighted by Gasteiger charge is -2.32. The molecule has 13 heteroatoms. The third-order valence-electron chi connectivity index (χ3n) is 5.13. The number of guanidine groups is 1. The Hall–Kier alpha value is -1.89. The number of hydrogen-bond donors (Lipinski definition) is 2. The fourth-order valence-electron chi connectivity index (χ4n) is 3.48. The molecule has 0 spiro atoms. The Bertz CT molecular complexity index is 801. The summed E-state index contributed by atoms with van der Waals surface area (Å²) in [5, 5.41) is 10.7. The van der Waals surface area contributed by atoms with Crippen molar-refractivity contribution in [2.75, 3.05) is 26.7 Å². The number of piperidine rings is 1. The Morgan fingerprint density at radius 3 is 2.68 bits per heavy atom. The predicted molar refractivity (Wildman–Crippen MR) is 95.9 cm³/mol. The van der Waals surface area contributed by atoms with Gasteiger partial charge >= 0.3 is 15.5 Å². The van der Waals surface area contributed by atoms with Crippen LogP contribution >= 0.6 is 0 Å². The van der Waals surface area contributed by atoms with Crippen LogP contribution in [0, 0.1) is 5.92 Å². The molecular weight excluding hydrogens is 399 g/mol. The topological polar surface area (TPSA) is 105 Å². The van der Waals surface area contributed by atoms with Gasteiger partial charge in [0.1, 0.15) is 12.2 Å². The van der Waals surface area contributed by atoms with Crippen LogP contribution < -0.4 is 10.6 Å². The lowest BCUT2D eigenvalue weighted by atomic mass is 9.98. The number of sulfonamides is 1. The van der Waals surface area contributed by atoms with Crippen molar-refractivity contribution in [2.45, 2.75) is 43.8 Å². The summed E-state index contributed by atoms with van der Waals surface area (Å²) >= 11 is 0. The minimum absolute atomic E-state index is 0.0755. The van der Waals surface area contributed by atoms with Gasteiger partial charge in [-0.3, -0.25) is 4.99 Å². The van der Waals surface area contributed by atoms with E-state index in [2.05, 4.69) is 25.7 Å². The van der Waals surface area contributed by atoms with Gasteiger partial charge in [-0.15, -0.1) is 0 Å². The van der Waals surface area contributed by atoms with Crippen LogP contribution in [0.2, 0.25) is 0 Å². The number of halogens is 3. The van der Waals surface area contributed by atoms with Crippen LogP contribution in [0.25, 0.3) is 0 Å². The second kappa shape index (κ2) is 8.23. The van der Waals surface area contributed by atoms with Gasteiger partial charge in [0.05, 0.1) is 6.54 Å². The van der Waals surface area contributed by atoms with E-state index in [0.29, 0.717) is 36.2 Å². The molecule has 0 amide bonds. The molecule has 1 unspecified atom stereocenters. The minimum atomic E-state index is -5.24. The van der Waals surface area contributed by atoms with Crippen molar-refractivity contribution in [1.29, 1.82) is 0 Å². The zero-order chi connectivity index (χ0) is 20.4. The second-order valence-corrected chi connectivity index (χ2v) is 8.91. The van der Waals surface area contributed by atoms with Crippen LogP contribution in [-0.4, -0.2) is 71.7 Å². The molecule has 1 aromatic heterocycles. The van der Waals surface area contributed by atoms with E-state index in [-0.39, 0.29) is 25.0 Å². The van der Waals surface area contributed by atoms with E-state index in [0.717, 1.165) is 18.7 Å². The predicted octanol–water partition coefficient (Wildman–Crippen LogP) is 0.320. The lowest BCUT2D eigenvalue weighted by molar-refractivity contribution is -0.0496. The Balaban J connectivity index is 1.44. The van der Waals surface area contributed by atoms with E-state index in [1.54, 1.807) is 7.05 Å². The third-order valence-corrected chi connectivity index (χ3v) is 6.76. The number of rotatable bonds is 4. The van der Waals surface area contributed by atoms with Crippen molar-refractivity contribution >= 4 is 16.0 Å². The van der Waals surface area contributed by atoms with E-state index in [9.17, 15) is 21.6 Å². The van der Waals surface area contributed by atoms with Gasteiger partial charge in [-0.05, 0) is 25.2 Å². The Morgan fingerprint density at radius 1 is 1.32 bits per heavy atom. The Labute approximate surface area is 161 Å². The molecule has 2 N–H and O–H groups in total. The summed E-state index contributed by atoms with van der Waals surface area (Å²) in [6.07, 6.45) is 3.99. The molecule has 3 heterocycles. The van der Waals surface area contributed by atoms with Gasteiger partial charge in [0, 0.05) is 39.1 Å². The average molecular weight is 423 g/mol. The summed E-state index contributed by atoms with van der Waals surface area (Å²) < 4.78 is 63.2. The lowest BCUT2D eigenvalue weighted by Crippen LogP contribution is -2.49. The molecule has 0 aromatic carbocycles. The molecule has 0 bridgehead atoms. The number of nitrogens with zero attached hydrogens (tertiary/aromatic N) is 5. The van der Waals surface area contributed by atoms with Gasteiger partial charge in [-0.1, -0.05) is 0 Å². The van der Waals surface area contributed by atoms with Crippen molar-refractivity contribution in [2.24, 2.45) is 10.9 Å². The SMILES string of the molecule is CN=C(NCC1CCN(S(=O)(=O)C(F)(F)F)CC1)NC1CCc2ncnn2C1. The maximum absolute atomic E-state index is 12.6. The molecule has 28 heavy (non-hydrogen) atoms. The molecule has 1 atom stereocenters. The highest BCUT2D eigenvalue weighted by Gasteiger charge is 2.50. The summed E-state index contributed by atoms with van der Waals surface area (Å²) in [4.78, 5) is 8.38. The average Bonchev–Trinajstić information content (AvgIpc) is 3.12. The van der Waals surface area contributed by atoms with Crippen molar-refractivity contribution in [3.05, 3.63) is 12.2 Å². The van der Waals surface area contributed by atoms with Crippen LogP contribution in [0.15, 0.2) is 11.3 Å². The van der Waals surface area contributed by atoms with Crippen molar-refractivity contribution in [3.8, 4) is 0 Å². The quantitative estimate of drug-likeness (QED) is 0.534. The maximum atomic E-state index is 12.6. The zero-order valence-electron chi connectivity index (χ0n) is 15.5. The third kappa shape index (κ3) is 4.57. The zero-order valence-corrected chi connectivity index (χ0v) is 16.3. The van der Waals surface area contributed by atoms with Gasteiger partial charge in [0.2, 0.25) is 0 Å². The molecule has 0 radical (unpaired) electrons. The van der Waals surface area contributed by atoms with Gasteiger partial charge in [0.25, 0.3) is 0 Å². The number of aryl methyl sites for hydroxylation is 1. The van der Waals surface area contributed by atoms with E-state index < -0.39 is 15.5 Å². The fraction of sp³-hybridized carbons (Fsp3) is 0.800. The summed E-state index contributed by atoms with van der Waals surface area (Å²) in [5.41, 5.74) is -5.24. The number of aliphatic imine (C=N–C) groups is 1. The minimum Gasteiger partial charge on any atom is -0.356 e. The number of aromatic nitrogens is 3. The van der Waals surface area contributed by atoms with Crippen LogP contribution in [0.4, 0.5) is 13.2 Å². The highest BCUT2D eigenvalue weighted by atomic mass is 32.2. The summed E-state index contributed by atoms with van der Waals surface area (Å²) in [6.45, 7) is 0.945. The summed E-state index contributed by atoms with van der Waals surface area (Å²) in [6, 6.07) is 0.152. The molecule has 2 aliphatic rings. The van der Waals surface area contributed by atoms with Gasteiger partial charge in [-0.25, -0.2) is 18.1 Å². The Kier molecular flexibility index (Phi) is 6.12. The molecule has 2 aliphatic heterocycles. The largest absolute Gasteiger partial charge is 0.511 e. The van der Waals surface area contributed by atoms with E-state index in [4.69, 9.17) is 0 Å². The normalized spacial score (nSPS) is 22.7. The van der Waals surface area contributed by atoms with Crippen LogP contribution in [-0.2, 0) is 23.0 Å². The van der Waals surface area contributed by atoms with Gasteiger partial charge < -0.3 is 10.6 Å². The van der Waals surface area contributed by atoms with Crippen LogP contribution in [0.1, 0.15) is 25.1 Å². The number of alkyl halides is 3. The van der Waals surface area contributed by atoms with E-state index in [1.165, 1.54) is 6.33 Å². The smallest absolute Gasteiger partial charge is 0.356 e. The monoisotopic (exact) mass is 423 g/mol. The summed E-state index contributed by atoms with van der Waals surface area (Å²) in [5.74, 6) is 1.65. The molecule has 9 nitrogen and oxygen atoms in total. The number of fused-ring (bicyclic) bond motifs is 1. The number of nitrogens with one attached hydrogen (secondary N) is 2. The van der Waals surface area contributed by atoms with Crippen molar-refractivity contribution < 1.29 is 21.6 Å². The molecule has 1 fully saturated rings. The highest BCUT2D eigenvalue weighted by molar-refractivity contribution is 7.90. The highest BCUT2D eigenvalue weighted by Crippen LogP contribution is 2.30. The number of hydrogen-bond acceptors (Lipinski definition) is 5.